The molecule has 1 N–H and O–H groups in total. The molecule has 2 heterocycles. The van der Waals surface area contributed by atoms with Crippen LogP contribution in [0.3, 0.4) is 0 Å². The molecule has 2 aliphatic rings. The van der Waals surface area contributed by atoms with Gasteiger partial charge < -0.3 is 10.0 Å². The minimum atomic E-state index is -0.0204. The first-order chi connectivity index (χ1) is 9.26. The van der Waals surface area contributed by atoms with E-state index in [0.717, 1.165) is 18.8 Å². The number of aliphatic hydroxyl groups is 1. The maximum absolute atomic E-state index is 12.5. The number of carbonyl (C=O) groups excluding carboxylic acids is 1. The molecule has 0 spiro atoms. The van der Waals surface area contributed by atoms with E-state index in [4.69, 9.17) is 5.11 Å². The number of aromatic nitrogens is 2. The second-order valence-electron chi connectivity index (χ2n) is 5.03. The molecule has 1 saturated heterocycles. The Kier molecular flexibility index (Phi) is 3.45. The summed E-state index contributed by atoms with van der Waals surface area (Å²) < 4.78 is 0. The standard InChI is InChI=1S/C13H17N3O2S/c1-2-19-12-11(14-3-4-15-12)13(18)16-5-8-9(6-16)10(8)7-17/h3-4,8-10,17H,2,5-7H2,1H3/t8-,9+,10?. The van der Waals surface area contributed by atoms with E-state index in [2.05, 4.69) is 9.97 Å². The fourth-order valence-electron chi connectivity index (χ4n) is 2.95. The fraction of sp³-hybridized carbons (Fsp3) is 0.615. The fourth-order valence-corrected chi connectivity index (χ4v) is 3.64. The number of thioether (sulfide) groups is 1. The van der Waals surface area contributed by atoms with Crippen LogP contribution in [-0.4, -0.2) is 51.3 Å². The van der Waals surface area contributed by atoms with Crippen LogP contribution in [0.2, 0.25) is 0 Å². The molecule has 0 radical (unpaired) electrons. The average Bonchev–Trinajstić information content (AvgIpc) is 2.90. The third-order valence-corrected chi connectivity index (χ3v) is 4.88. The molecule has 1 aromatic rings. The molecule has 3 rings (SSSR count). The summed E-state index contributed by atoms with van der Waals surface area (Å²) in [5.41, 5.74) is 0.469. The normalized spacial score (nSPS) is 28.3. The summed E-state index contributed by atoms with van der Waals surface area (Å²) in [5, 5.41) is 9.86. The van der Waals surface area contributed by atoms with Gasteiger partial charge in [0.25, 0.3) is 5.91 Å². The Morgan fingerprint density at radius 3 is 2.74 bits per heavy atom. The number of likely N-dealkylation sites (tertiary alicyclic amines) is 1. The Morgan fingerprint density at radius 2 is 2.11 bits per heavy atom. The van der Waals surface area contributed by atoms with Crippen molar-refractivity contribution in [3.8, 4) is 0 Å². The number of nitrogens with zero attached hydrogens (tertiary/aromatic N) is 3. The number of rotatable bonds is 4. The van der Waals surface area contributed by atoms with Crippen LogP contribution in [0.15, 0.2) is 17.4 Å². The molecule has 0 aromatic carbocycles. The van der Waals surface area contributed by atoms with Crippen LogP contribution in [-0.2, 0) is 0 Å². The predicted molar refractivity (Wildman–Crippen MR) is 71.9 cm³/mol. The Balaban J connectivity index is 1.72. The van der Waals surface area contributed by atoms with E-state index in [1.54, 1.807) is 24.2 Å². The maximum atomic E-state index is 12.5. The van der Waals surface area contributed by atoms with Gasteiger partial charge in [0, 0.05) is 32.1 Å². The lowest BCUT2D eigenvalue weighted by molar-refractivity contribution is 0.0749. The lowest BCUT2D eigenvalue weighted by Crippen LogP contribution is -2.33. The first kappa shape index (κ1) is 12.9. The number of hydrogen-bond acceptors (Lipinski definition) is 5. The van der Waals surface area contributed by atoms with E-state index >= 15 is 0 Å². The molecule has 1 amide bonds. The van der Waals surface area contributed by atoms with Gasteiger partial charge in [-0.05, 0) is 23.5 Å². The van der Waals surface area contributed by atoms with Gasteiger partial charge in [-0.15, -0.1) is 11.8 Å². The number of aliphatic hydroxyl groups excluding tert-OH is 1. The highest BCUT2D eigenvalue weighted by molar-refractivity contribution is 7.99. The van der Waals surface area contributed by atoms with Crippen LogP contribution in [0.5, 0.6) is 0 Å². The monoisotopic (exact) mass is 279 g/mol. The number of amides is 1. The van der Waals surface area contributed by atoms with Crippen molar-refractivity contribution >= 4 is 17.7 Å². The van der Waals surface area contributed by atoms with Crippen molar-refractivity contribution in [3.63, 3.8) is 0 Å². The second kappa shape index (κ2) is 5.09. The van der Waals surface area contributed by atoms with Gasteiger partial charge in [-0.3, -0.25) is 4.79 Å². The molecule has 6 heteroatoms. The van der Waals surface area contributed by atoms with Gasteiger partial charge in [0.15, 0.2) is 5.69 Å². The molecule has 2 fully saturated rings. The lowest BCUT2D eigenvalue weighted by Gasteiger charge is -2.19. The zero-order chi connectivity index (χ0) is 13.4. The molecule has 1 saturated carbocycles. The van der Waals surface area contributed by atoms with Gasteiger partial charge in [-0.25, -0.2) is 9.97 Å². The highest BCUT2D eigenvalue weighted by Gasteiger charge is 2.56. The first-order valence-corrected chi connectivity index (χ1v) is 7.58. The smallest absolute Gasteiger partial charge is 0.275 e. The van der Waals surface area contributed by atoms with Crippen molar-refractivity contribution in [2.45, 2.75) is 11.9 Å². The van der Waals surface area contributed by atoms with Gasteiger partial charge in [0.2, 0.25) is 0 Å². The van der Waals surface area contributed by atoms with Crippen LogP contribution < -0.4 is 0 Å². The van der Waals surface area contributed by atoms with Gasteiger partial charge >= 0.3 is 0 Å². The minimum absolute atomic E-state index is 0.0204. The van der Waals surface area contributed by atoms with E-state index in [-0.39, 0.29) is 12.5 Å². The highest BCUT2D eigenvalue weighted by atomic mass is 32.2. The van der Waals surface area contributed by atoms with Gasteiger partial charge in [0.1, 0.15) is 5.03 Å². The van der Waals surface area contributed by atoms with Crippen molar-refractivity contribution < 1.29 is 9.90 Å². The number of piperidine rings is 1. The van der Waals surface area contributed by atoms with Gasteiger partial charge in [-0.2, -0.15) is 0 Å². The summed E-state index contributed by atoms with van der Waals surface area (Å²) in [6.07, 6.45) is 3.19. The summed E-state index contributed by atoms with van der Waals surface area (Å²) in [6, 6.07) is 0. The molecule has 102 valence electrons. The summed E-state index contributed by atoms with van der Waals surface area (Å²) in [6.45, 7) is 3.78. The van der Waals surface area contributed by atoms with Crippen LogP contribution in [0, 0.1) is 17.8 Å². The quantitative estimate of drug-likeness (QED) is 0.830. The molecule has 19 heavy (non-hydrogen) atoms. The second-order valence-corrected chi connectivity index (χ2v) is 6.28. The summed E-state index contributed by atoms with van der Waals surface area (Å²) in [7, 11) is 0. The first-order valence-electron chi connectivity index (χ1n) is 6.60. The topological polar surface area (TPSA) is 66.3 Å². The maximum Gasteiger partial charge on any atom is 0.275 e. The van der Waals surface area contributed by atoms with Crippen LogP contribution in [0.1, 0.15) is 17.4 Å². The third kappa shape index (κ3) is 2.23. The van der Waals surface area contributed by atoms with Crippen molar-refractivity contribution in [1.82, 2.24) is 14.9 Å². The van der Waals surface area contributed by atoms with Crippen molar-refractivity contribution in [2.75, 3.05) is 25.4 Å². The summed E-state index contributed by atoms with van der Waals surface area (Å²) in [5.74, 6) is 2.25. The Morgan fingerprint density at radius 1 is 1.42 bits per heavy atom. The number of carbonyl (C=O) groups is 1. The van der Waals surface area contributed by atoms with E-state index in [1.807, 2.05) is 11.8 Å². The molecule has 1 aromatic heterocycles. The van der Waals surface area contributed by atoms with Gasteiger partial charge in [0.05, 0.1) is 0 Å². The summed E-state index contributed by atoms with van der Waals surface area (Å²) >= 11 is 1.54. The minimum Gasteiger partial charge on any atom is -0.396 e. The lowest BCUT2D eigenvalue weighted by atomic mass is 10.2. The van der Waals surface area contributed by atoms with E-state index < -0.39 is 0 Å². The zero-order valence-electron chi connectivity index (χ0n) is 10.8. The molecular formula is C13H17N3O2S. The Hall–Kier alpha value is -1.14. The van der Waals surface area contributed by atoms with Gasteiger partial charge in [-0.1, -0.05) is 6.92 Å². The average molecular weight is 279 g/mol. The highest BCUT2D eigenvalue weighted by Crippen LogP contribution is 2.51. The van der Waals surface area contributed by atoms with E-state index in [0.29, 0.717) is 28.5 Å². The third-order valence-electron chi connectivity index (χ3n) is 4.02. The van der Waals surface area contributed by atoms with Crippen LogP contribution >= 0.6 is 11.8 Å². The Labute approximate surface area is 116 Å². The zero-order valence-corrected chi connectivity index (χ0v) is 11.6. The van der Waals surface area contributed by atoms with Crippen molar-refractivity contribution in [1.29, 1.82) is 0 Å². The predicted octanol–water partition coefficient (Wildman–Crippen LogP) is 0.899. The van der Waals surface area contributed by atoms with Crippen LogP contribution in [0.25, 0.3) is 0 Å². The molecule has 3 atom stereocenters. The number of hydrogen-bond donors (Lipinski definition) is 1. The van der Waals surface area contributed by atoms with Crippen LogP contribution in [0.4, 0.5) is 0 Å². The number of fused-ring (bicyclic) bond motifs is 1. The van der Waals surface area contributed by atoms with E-state index in [1.165, 1.54) is 0 Å². The van der Waals surface area contributed by atoms with Crippen molar-refractivity contribution in [3.05, 3.63) is 18.1 Å². The largest absolute Gasteiger partial charge is 0.396 e. The molecule has 1 unspecified atom stereocenters. The molecule has 1 aliphatic heterocycles. The summed E-state index contributed by atoms with van der Waals surface area (Å²) in [4.78, 5) is 22.7. The molecular weight excluding hydrogens is 262 g/mol. The molecule has 5 nitrogen and oxygen atoms in total. The molecule has 1 aliphatic carbocycles. The SMILES string of the molecule is CCSc1nccnc1C(=O)N1C[C@@H]2C(CO)[C@@H]2C1. The Bertz CT molecular complexity index is 485. The van der Waals surface area contributed by atoms with E-state index in [9.17, 15) is 4.79 Å². The molecule has 0 bridgehead atoms. The van der Waals surface area contributed by atoms with Crippen molar-refractivity contribution in [2.24, 2.45) is 17.8 Å².